The fourth-order valence-corrected chi connectivity index (χ4v) is 4.06. The average molecular weight is 424 g/mol. The van der Waals surface area contributed by atoms with E-state index in [9.17, 15) is 14.9 Å². The molecule has 0 bridgehead atoms. The molecule has 2 saturated heterocycles. The maximum Gasteiger partial charge on any atom is 0.411 e. The Balaban J connectivity index is 1.71. The summed E-state index contributed by atoms with van der Waals surface area (Å²) in [7, 11) is 0. The highest BCUT2D eigenvalue weighted by Crippen LogP contribution is 2.26. The minimum Gasteiger partial charge on any atom is -0.444 e. The number of nitrogens with one attached hydrogen (secondary N) is 1. The van der Waals surface area contributed by atoms with Crippen molar-refractivity contribution in [2.75, 3.05) is 13.1 Å². The van der Waals surface area contributed by atoms with Crippen LogP contribution < -0.4 is 5.32 Å². The number of carbonyl (C=O) groups excluding carboxylic acids is 2. The molecule has 2 heterocycles. The van der Waals surface area contributed by atoms with Crippen LogP contribution in [0.15, 0.2) is 24.3 Å². The van der Waals surface area contributed by atoms with E-state index in [4.69, 9.17) is 10.00 Å². The molecule has 2 fully saturated rings. The summed E-state index contributed by atoms with van der Waals surface area (Å²) in [6.45, 7) is 6.84. The van der Waals surface area contributed by atoms with Crippen molar-refractivity contribution in [2.45, 2.75) is 70.3 Å². The first-order chi connectivity index (χ1) is 14.7. The van der Waals surface area contributed by atoms with E-state index in [2.05, 4.69) is 17.5 Å². The lowest BCUT2D eigenvalue weighted by Crippen LogP contribution is -2.50. The average Bonchev–Trinajstić information content (AvgIpc) is 3.38. The standard InChI is InChI=1S/C23H29N5O3/c1-23(2,3)31-22(30)28-15-18(26-14-17-8-6-16(12-24)7-9-17)11-20(28)21(29)27-10-4-5-19(27)13-25/h6-9,18-20,26H,4-5,10-11,14-15H2,1-3H3/t18-,19?,20-/m0/s1. The molecule has 31 heavy (non-hydrogen) atoms. The number of amides is 2. The van der Waals surface area contributed by atoms with Gasteiger partial charge in [-0.1, -0.05) is 12.1 Å². The Kier molecular flexibility index (Phi) is 6.82. The first kappa shape index (κ1) is 22.6. The van der Waals surface area contributed by atoms with Crippen molar-refractivity contribution in [1.82, 2.24) is 15.1 Å². The Morgan fingerprint density at radius 2 is 1.90 bits per heavy atom. The molecule has 3 rings (SSSR count). The summed E-state index contributed by atoms with van der Waals surface area (Å²) in [5, 5.41) is 21.7. The number of carbonyl (C=O) groups is 2. The van der Waals surface area contributed by atoms with Crippen molar-refractivity contribution in [3.05, 3.63) is 35.4 Å². The van der Waals surface area contributed by atoms with Crippen LogP contribution in [0.25, 0.3) is 0 Å². The number of ether oxygens (including phenoxy) is 1. The van der Waals surface area contributed by atoms with E-state index >= 15 is 0 Å². The molecule has 1 unspecified atom stereocenters. The lowest BCUT2D eigenvalue weighted by Gasteiger charge is -2.30. The third kappa shape index (κ3) is 5.53. The van der Waals surface area contributed by atoms with Gasteiger partial charge in [0, 0.05) is 25.7 Å². The van der Waals surface area contributed by atoms with Gasteiger partial charge in [0.1, 0.15) is 17.7 Å². The van der Waals surface area contributed by atoms with Crippen molar-refractivity contribution < 1.29 is 14.3 Å². The second-order valence-electron chi connectivity index (χ2n) is 9.09. The minimum atomic E-state index is -0.665. The third-order valence-corrected chi connectivity index (χ3v) is 5.58. The smallest absolute Gasteiger partial charge is 0.411 e. The van der Waals surface area contributed by atoms with Crippen LogP contribution >= 0.6 is 0 Å². The zero-order chi connectivity index (χ0) is 22.6. The summed E-state index contributed by atoms with van der Waals surface area (Å²) >= 11 is 0. The van der Waals surface area contributed by atoms with Crippen LogP contribution in [0.2, 0.25) is 0 Å². The van der Waals surface area contributed by atoms with Crippen molar-refractivity contribution in [3.8, 4) is 12.1 Å². The van der Waals surface area contributed by atoms with Gasteiger partial charge in [0.2, 0.25) is 5.91 Å². The van der Waals surface area contributed by atoms with Crippen LogP contribution in [0.3, 0.4) is 0 Å². The van der Waals surface area contributed by atoms with E-state index in [0.29, 0.717) is 38.0 Å². The summed E-state index contributed by atoms with van der Waals surface area (Å²) in [5.41, 5.74) is 0.951. The summed E-state index contributed by atoms with van der Waals surface area (Å²) in [6.07, 6.45) is 1.41. The van der Waals surface area contributed by atoms with Gasteiger partial charge in [0.05, 0.1) is 17.7 Å². The number of nitrogens with zero attached hydrogens (tertiary/aromatic N) is 4. The highest BCUT2D eigenvalue weighted by atomic mass is 16.6. The van der Waals surface area contributed by atoms with Gasteiger partial charge in [0.25, 0.3) is 0 Å². The fraction of sp³-hybridized carbons (Fsp3) is 0.565. The molecule has 1 aromatic carbocycles. The van der Waals surface area contributed by atoms with Crippen LogP contribution in [0.4, 0.5) is 4.79 Å². The lowest BCUT2D eigenvalue weighted by atomic mass is 10.1. The first-order valence-electron chi connectivity index (χ1n) is 10.6. The molecule has 0 saturated carbocycles. The molecule has 2 aliphatic heterocycles. The van der Waals surface area contributed by atoms with E-state index in [0.717, 1.165) is 12.0 Å². The molecule has 3 atom stereocenters. The molecule has 0 spiro atoms. The number of likely N-dealkylation sites (tertiary alicyclic amines) is 2. The highest BCUT2D eigenvalue weighted by molar-refractivity contribution is 5.87. The van der Waals surface area contributed by atoms with Gasteiger partial charge in [-0.05, 0) is 57.7 Å². The Morgan fingerprint density at radius 1 is 1.19 bits per heavy atom. The van der Waals surface area contributed by atoms with E-state index in [1.165, 1.54) is 4.90 Å². The highest BCUT2D eigenvalue weighted by Gasteiger charge is 2.44. The van der Waals surface area contributed by atoms with Gasteiger partial charge in [-0.15, -0.1) is 0 Å². The van der Waals surface area contributed by atoms with Crippen LogP contribution in [0.1, 0.15) is 51.2 Å². The van der Waals surface area contributed by atoms with E-state index < -0.39 is 23.8 Å². The maximum absolute atomic E-state index is 13.3. The quantitative estimate of drug-likeness (QED) is 0.797. The molecule has 0 radical (unpaired) electrons. The Bertz CT molecular complexity index is 894. The zero-order valence-corrected chi connectivity index (χ0v) is 18.3. The molecule has 8 heteroatoms. The normalized spacial score (nSPS) is 23.3. The van der Waals surface area contributed by atoms with E-state index in [-0.39, 0.29) is 11.9 Å². The van der Waals surface area contributed by atoms with Crippen LogP contribution in [0, 0.1) is 22.7 Å². The predicted molar refractivity (Wildman–Crippen MR) is 113 cm³/mol. The molecule has 2 amide bonds. The molecule has 8 nitrogen and oxygen atoms in total. The third-order valence-electron chi connectivity index (χ3n) is 5.58. The summed E-state index contributed by atoms with van der Waals surface area (Å²) in [4.78, 5) is 29.2. The SMILES string of the molecule is CC(C)(C)OC(=O)N1C[C@@H](NCc2ccc(C#N)cc2)C[C@H]1C(=O)N1CCCC1C#N. The van der Waals surface area contributed by atoms with Gasteiger partial charge in [-0.3, -0.25) is 9.69 Å². The maximum atomic E-state index is 13.3. The van der Waals surface area contributed by atoms with Crippen LogP contribution in [-0.4, -0.2) is 58.6 Å². The second-order valence-corrected chi connectivity index (χ2v) is 9.09. The number of rotatable bonds is 4. The van der Waals surface area contributed by atoms with Gasteiger partial charge >= 0.3 is 6.09 Å². The molecule has 1 aromatic rings. The van der Waals surface area contributed by atoms with Crippen molar-refractivity contribution in [3.63, 3.8) is 0 Å². The second kappa shape index (κ2) is 9.36. The summed E-state index contributed by atoms with van der Waals surface area (Å²) < 4.78 is 5.55. The minimum absolute atomic E-state index is 0.0831. The molecule has 0 aromatic heterocycles. The van der Waals surface area contributed by atoms with E-state index in [1.54, 1.807) is 37.8 Å². The molecule has 2 aliphatic rings. The van der Waals surface area contributed by atoms with Gasteiger partial charge in [0.15, 0.2) is 0 Å². The summed E-state index contributed by atoms with van der Waals surface area (Å²) in [6, 6.07) is 10.4. The Hall–Kier alpha value is -3.10. The van der Waals surface area contributed by atoms with Crippen molar-refractivity contribution in [2.24, 2.45) is 0 Å². The predicted octanol–water partition coefficient (Wildman–Crippen LogP) is 2.54. The number of hydrogen-bond donors (Lipinski definition) is 1. The van der Waals surface area contributed by atoms with Crippen molar-refractivity contribution in [1.29, 1.82) is 10.5 Å². The molecule has 164 valence electrons. The largest absolute Gasteiger partial charge is 0.444 e. The Labute approximate surface area is 183 Å². The summed E-state index contributed by atoms with van der Waals surface area (Å²) in [5.74, 6) is -0.183. The topological polar surface area (TPSA) is 109 Å². The van der Waals surface area contributed by atoms with Gasteiger partial charge < -0.3 is 15.0 Å². The Morgan fingerprint density at radius 3 is 2.52 bits per heavy atom. The molecule has 1 N–H and O–H groups in total. The number of nitriles is 2. The van der Waals surface area contributed by atoms with Gasteiger partial charge in [-0.25, -0.2) is 4.79 Å². The number of benzene rings is 1. The zero-order valence-electron chi connectivity index (χ0n) is 18.3. The number of hydrogen-bond acceptors (Lipinski definition) is 6. The first-order valence-corrected chi connectivity index (χ1v) is 10.6. The van der Waals surface area contributed by atoms with Crippen LogP contribution in [-0.2, 0) is 16.1 Å². The molecular weight excluding hydrogens is 394 g/mol. The van der Waals surface area contributed by atoms with Crippen LogP contribution in [0.5, 0.6) is 0 Å². The van der Waals surface area contributed by atoms with Crippen molar-refractivity contribution >= 4 is 12.0 Å². The molecular formula is C23H29N5O3. The monoisotopic (exact) mass is 423 g/mol. The lowest BCUT2D eigenvalue weighted by molar-refractivity contribution is -0.135. The van der Waals surface area contributed by atoms with E-state index in [1.807, 2.05) is 12.1 Å². The fourth-order valence-electron chi connectivity index (χ4n) is 4.06. The molecule has 0 aliphatic carbocycles. The van der Waals surface area contributed by atoms with Gasteiger partial charge in [-0.2, -0.15) is 10.5 Å².